The van der Waals surface area contributed by atoms with Crippen LogP contribution in [0.1, 0.15) is 50.0 Å². The van der Waals surface area contributed by atoms with Crippen LogP contribution >= 0.6 is 0 Å². The Hall–Kier alpha value is -4.34. The highest BCUT2D eigenvalue weighted by Gasteiger charge is 2.28. The highest BCUT2D eigenvalue weighted by atomic mass is 16.6. The number of rotatable bonds is 10. The summed E-state index contributed by atoms with van der Waals surface area (Å²) >= 11 is 0. The molecular formula is C26H28N2O8. The molecule has 2 aromatic rings. The van der Waals surface area contributed by atoms with Gasteiger partial charge in [0, 0.05) is 24.5 Å². The summed E-state index contributed by atoms with van der Waals surface area (Å²) in [6.07, 6.45) is 5.71. The first kappa shape index (κ1) is 27.9. The van der Waals surface area contributed by atoms with Crippen LogP contribution in [0.15, 0.2) is 66.8 Å². The maximum absolute atomic E-state index is 12.9. The van der Waals surface area contributed by atoms with Gasteiger partial charge in [-0.2, -0.15) is 0 Å². The van der Waals surface area contributed by atoms with Gasteiger partial charge in [0.1, 0.15) is 17.3 Å². The second-order valence-electron chi connectivity index (χ2n) is 8.96. The van der Waals surface area contributed by atoms with Crippen molar-refractivity contribution in [1.82, 2.24) is 0 Å². The lowest BCUT2D eigenvalue weighted by Gasteiger charge is -2.21. The first-order chi connectivity index (χ1) is 16.9. The van der Waals surface area contributed by atoms with Gasteiger partial charge in [0.05, 0.1) is 15.9 Å². The summed E-state index contributed by atoms with van der Waals surface area (Å²) in [5.41, 5.74) is -1.41. The fraction of sp³-hybridized carbons (Fsp3) is 0.308. The minimum atomic E-state index is -1.01. The van der Waals surface area contributed by atoms with Gasteiger partial charge in [0.15, 0.2) is 0 Å². The number of nitrogens with zero attached hydrogens (tertiary/aromatic N) is 2. The van der Waals surface area contributed by atoms with Crippen LogP contribution in [0.5, 0.6) is 0 Å². The SMILES string of the molecule is C[C@H](/C=C/c1ccccc1)[C@H](C/C=C/C(=O)OC(C)(C)C)OC(=O)c1ccc([N+](=O)[O-])cc1[N+](=O)[O-]. The van der Waals surface area contributed by atoms with Crippen molar-refractivity contribution in [3.8, 4) is 0 Å². The van der Waals surface area contributed by atoms with Crippen molar-refractivity contribution >= 4 is 29.4 Å². The summed E-state index contributed by atoms with van der Waals surface area (Å²) in [6.45, 7) is 6.99. The molecule has 0 saturated carbocycles. The first-order valence-corrected chi connectivity index (χ1v) is 11.1. The summed E-state index contributed by atoms with van der Waals surface area (Å²) in [5.74, 6) is -1.92. The molecule has 0 bridgehead atoms. The lowest BCUT2D eigenvalue weighted by Crippen LogP contribution is -2.25. The molecule has 2 atom stereocenters. The predicted molar refractivity (Wildman–Crippen MR) is 133 cm³/mol. The molecular weight excluding hydrogens is 468 g/mol. The van der Waals surface area contributed by atoms with E-state index in [0.29, 0.717) is 6.07 Å². The van der Waals surface area contributed by atoms with Crippen molar-refractivity contribution in [2.45, 2.75) is 45.8 Å². The molecule has 10 heteroatoms. The lowest BCUT2D eigenvalue weighted by atomic mass is 9.99. The molecule has 0 amide bonds. The van der Waals surface area contributed by atoms with Crippen LogP contribution in [-0.2, 0) is 14.3 Å². The average molecular weight is 497 g/mol. The van der Waals surface area contributed by atoms with Gasteiger partial charge < -0.3 is 9.47 Å². The number of esters is 2. The van der Waals surface area contributed by atoms with E-state index in [1.54, 1.807) is 27.7 Å². The third kappa shape index (κ3) is 8.79. The Morgan fingerprint density at radius 1 is 1.03 bits per heavy atom. The number of benzene rings is 2. The molecule has 0 spiro atoms. The molecule has 0 saturated heterocycles. The van der Waals surface area contributed by atoms with Crippen LogP contribution < -0.4 is 0 Å². The van der Waals surface area contributed by atoms with Gasteiger partial charge in [-0.1, -0.05) is 55.5 Å². The number of carbonyl (C=O) groups excluding carboxylic acids is 2. The smallest absolute Gasteiger partial charge is 0.345 e. The van der Waals surface area contributed by atoms with Crippen molar-refractivity contribution in [3.63, 3.8) is 0 Å². The average Bonchev–Trinajstić information content (AvgIpc) is 2.80. The Kier molecular flexibility index (Phi) is 9.60. The summed E-state index contributed by atoms with van der Waals surface area (Å²) in [7, 11) is 0. The summed E-state index contributed by atoms with van der Waals surface area (Å²) < 4.78 is 10.8. The molecule has 0 aliphatic carbocycles. The summed E-state index contributed by atoms with van der Waals surface area (Å²) in [4.78, 5) is 45.7. The maximum atomic E-state index is 12.9. The molecule has 0 unspecified atom stereocenters. The Labute approximate surface area is 208 Å². The van der Waals surface area contributed by atoms with E-state index in [-0.39, 0.29) is 12.3 Å². The second kappa shape index (κ2) is 12.4. The molecule has 2 rings (SSSR count). The van der Waals surface area contributed by atoms with E-state index in [2.05, 4.69) is 0 Å². The van der Waals surface area contributed by atoms with Crippen molar-refractivity contribution in [3.05, 3.63) is 98.1 Å². The topological polar surface area (TPSA) is 139 Å². The molecule has 0 aliphatic heterocycles. The monoisotopic (exact) mass is 496 g/mol. The van der Waals surface area contributed by atoms with Crippen LogP contribution in [-0.4, -0.2) is 33.5 Å². The Morgan fingerprint density at radius 2 is 1.69 bits per heavy atom. The van der Waals surface area contributed by atoms with Crippen LogP contribution in [0.3, 0.4) is 0 Å². The number of non-ortho nitro benzene ring substituents is 1. The normalized spacial score (nSPS) is 13.3. The Morgan fingerprint density at radius 3 is 2.28 bits per heavy atom. The number of nitro groups is 2. The predicted octanol–water partition coefficient (Wildman–Crippen LogP) is 5.67. The molecule has 0 aromatic heterocycles. The summed E-state index contributed by atoms with van der Waals surface area (Å²) in [6, 6.07) is 12.1. The molecule has 10 nitrogen and oxygen atoms in total. The minimum absolute atomic E-state index is 0.117. The summed E-state index contributed by atoms with van der Waals surface area (Å²) in [5, 5.41) is 22.4. The van der Waals surface area contributed by atoms with Crippen LogP contribution in [0.25, 0.3) is 6.08 Å². The van der Waals surface area contributed by atoms with E-state index >= 15 is 0 Å². The van der Waals surface area contributed by atoms with Gasteiger partial charge in [-0.3, -0.25) is 20.2 Å². The number of carbonyl (C=O) groups is 2. The van der Waals surface area contributed by atoms with Gasteiger partial charge in [-0.25, -0.2) is 9.59 Å². The first-order valence-electron chi connectivity index (χ1n) is 11.1. The zero-order chi connectivity index (χ0) is 26.9. The van der Waals surface area contributed by atoms with Crippen molar-refractivity contribution in [1.29, 1.82) is 0 Å². The van der Waals surface area contributed by atoms with E-state index in [1.165, 1.54) is 12.2 Å². The van der Waals surface area contributed by atoms with Gasteiger partial charge in [0.25, 0.3) is 11.4 Å². The van der Waals surface area contributed by atoms with E-state index in [1.807, 2.05) is 42.5 Å². The maximum Gasteiger partial charge on any atom is 0.345 e. The van der Waals surface area contributed by atoms with E-state index in [9.17, 15) is 29.8 Å². The third-order valence-corrected chi connectivity index (χ3v) is 4.87. The van der Waals surface area contributed by atoms with Gasteiger partial charge in [0.2, 0.25) is 0 Å². The highest BCUT2D eigenvalue weighted by molar-refractivity contribution is 5.94. The standard InChI is InChI=1S/C26H28N2O8/c1-18(13-14-19-9-6-5-7-10-19)23(11-8-12-24(29)36-26(2,3)4)35-25(30)21-16-15-20(27(31)32)17-22(21)28(33)34/h5-10,12-18,23H,11H2,1-4H3/b12-8+,14-13+/t18-,23+/m1/s1. The molecule has 2 aromatic carbocycles. The number of hydrogen-bond acceptors (Lipinski definition) is 8. The van der Waals surface area contributed by atoms with Crippen molar-refractivity contribution < 1.29 is 28.9 Å². The molecule has 0 fully saturated rings. The van der Waals surface area contributed by atoms with E-state index in [4.69, 9.17) is 9.47 Å². The van der Waals surface area contributed by atoms with Gasteiger partial charge >= 0.3 is 11.9 Å². The highest BCUT2D eigenvalue weighted by Crippen LogP contribution is 2.27. The van der Waals surface area contributed by atoms with E-state index in [0.717, 1.165) is 17.7 Å². The Balaban J connectivity index is 2.29. The van der Waals surface area contributed by atoms with Crippen molar-refractivity contribution in [2.75, 3.05) is 0 Å². The van der Waals surface area contributed by atoms with Crippen LogP contribution in [0.2, 0.25) is 0 Å². The number of ether oxygens (including phenoxy) is 2. The zero-order valence-electron chi connectivity index (χ0n) is 20.5. The fourth-order valence-electron chi connectivity index (χ4n) is 3.11. The molecule has 36 heavy (non-hydrogen) atoms. The largest absolute Gasteiger partial charge is 0.458 e. The van der Waals surface area contributed by atoms with Crippen LogP contribution in [0.4, 0.5) is 11.4 Å². The van der Waals surface area contributed by atoms with Gasteiger partial charge in [-0.15, -0.1) is 0 Å². The lowest BCUT2D eigenvalue weighted by molar-refractivity contribution is -0.394. The third-order valence-electron chi connectivity index (χ3n) is 4.87. The molecule has 0 aliphatic rings. The zero-order valence-corrected chi connectivity index (χ0v) is 20.5. The number of hydrogen-bond donors (Lipinski definition) is 0. The molecule has 0 heterocycles. The Bertz CT molecular complexity index is 1170. The molecule has 190 valence electrons. The van der Waals surface area contributed by atoms with Crippen molar-refractivity contribution in [2.24, 2.45) is 5.92 Å². The second-order valence-corrected chi connectivity index (χ2v) is 8.96. The quantitative estimate of drug-likeness (QED) is 0.177. The fourth-order valence-corrected chi connectivity index (χ4v) is 3.11. The molecule has 0 radical (unpaired) electrons. The van der Waals surface area contributed by atoms with E-state index < -0.39 is 50.4 Å². The van der Waals surface area contributed by atoms with Crippen LogP contribution in [0, 0.1) is 26.1 Å². The van der Waals surface area contributed by atoms with Gasteiger partial charge in [-0.05, 0) is 32.4 Å². The minimum Gasteiger partial charge on any atom is -0.458 e. The molecule has 0 N–H and O–H groups in total. The number of nitro benzene ring substituents is 2.